The Morgan fingerprint density at radius 2 is 1.81 bits per heavy atom. The van der Waals surface area contributed by atoms with E-state index in [0.717, 1.165) is 44.9 Å². The van der Waals surface area contributed by atoms with Crippen molar-refractivity contribution in [3.63, 3.8) is 0 Å². The van der Waals surface area contributed by atoms with Crippen molar-refractivity contribution in [3.8, 4) is 11.4 Å². The maximum atomic E-state index is 14.0. The molecule has 9 heteroatoms. The number of methoxy groups -OCH3 is 1. The maximum Gasteiger partial charge on any atom is 0.240 e. The van der Waals surface area contributed by atoms with Crippen molar-refractivity contribution in [1.29, 1.82) is 0 Å². The standard InChI is InChI=1S/C33H37N5O3S/c1-21-10-9-12-25(22(21)2)38-32-29(31(36-38)33(3,4)5)30(24-11-7-8-13-26(24)41-6)42-20-28(40)37(32)19-27(39)35-18-23-14-16-34-17-15-23/h7-17,30H,18-20H2,1-6H3,(H,35,39). The summed E-state index contributed by atoms with van der Waals surface area (Å²) >= 11 is 1.54. The maximum absolute atomic E-state index is 14.0. The van der Waals surface area contributed by atoms with Crippen LogP contribution < -0.4 is 15.0 Å². The molecule has 0 aliphatic carbocycles. The third kappa shape index (κ3) is 5.79. The van der Waals surface area contributed by atoms with Gasteiger partial charge in [-0.15, -0.1) is 11.8 Å². The topological polar surface area (TPSA) is 89.3 Å². The lowest BCUT2D eigenvalue weighted by molar-refractivity contribution is -0.123. The Hall–Kier alpha value is -4.11. The fraction of sp³-hybridized carbons (Fsp3) is 0.333. The number of carbonyl (C=O) groups is 2. The van der Waals surface area contributed by atoms with E-state index in [1.54, 1.807) is 36.2 Å². The number of para-hydroxylation sites is 1. The molecule has 0 radical (unpaired) electrons. The summed E-state index contributed by atoms with van der Waals surface area (Å²) in [6.07, 6.45) is 3.39. The molecule has 2 amide bonds. The monoisotopic (exact) mass is 583 g/mol. The quantitative estimate of drug-likeness (QED) is 0.301. The molecular formula is C33H37N5O3S. The van der Waals surface area contributed by atoms with Crippen molar-refractivity contribution in [2.24, 2.45) is 0 Å². The smallest absolute Gasteiger partial charge is 0.240 e. The van der Waals surface area contributed by atoms with E-state index in [9.17, 15) is 9.59 Å². The first kappa shape index (κ1) is 29.4. The summed E-state index contributed by atoms with van der Waals surface area (Å²) in [6, 6.07) is 17.7. The number of pyridine rings is 1. The Morgan fingerprint density at radius 3 is 2.52 bits per heavy atom. The molecule has 1 aliphatic rings. The molecule has 0 spiro atoms. The molecule has 1 atom stereocenters. The van der Waals surface area contributed by atoms with Crippen molar-refractivity contribution >= 4 is 29.4 Å². The molecule has 0 fully saturated rings. The van der Waals surface area contributed by atoms with Gasteiger partial charge in [0, 0.05) is 35.5 Å². The van der Waals surface area contributed by atoms with Crippen molar-refractivity contribution in [1.82, 2.24) is 20.1 Å². The van der Waals surface area contributed by atoms with Gasteiger partial charge in [0.1, 0.15) is 18.1 Å². The molecule has 4 aromatic rings. The highest BCUT2D eigenvalue weighted by molar-refractivity contribution is 8.00. The third-order valence-corrected chi connectivity index (χ3v) is 8.80. The fourth-order valence-corrected chi connectivity index (χ4v) is 6.46. The van der Waals surface area contributed by atoms with E-state index in [1.807, 2.05) is 53.2 Å². The summed E-state index contributed by atoms with van der Waals surface area (Å²) < 4.78 is 7.67. The molecule has 0 saturated carbocycles. The van der Waals surface area contributed by atoms with Gasteiger partial charge in [-0.3, -0.25) is 19.5 Å². The van der Waals surface area contributed by atoms with Gasteiger partial charge in [-0.1, -0.05) is 51.1 Å². The molecule has 0 bridgehead atoms. The molecule has 218 valence electrons. The zero-order chi connectivity index (χ0) is 30.0. The van der Waals surface area contributed by atoms with Crippen LogP contribution in [-0.4, -0.2) is 46.0 Å². The summed E-state index contributed by atoms with van der Waals surface area (Å²) in [5, 5.41) is 7.96. The number of fused-ring (bicyclic) bond motifs is 1. The van der Waals surface area contributed by atoms with Crippen LogP contribution in [0.4, 0.5) is 5.82 Å². The van der Waals surface area contributed by atoms with Crippen LogP contribution >= 0.6 is 11.8 Å². The van der Waals surface area contributed by atoms with E-state index < -0.39 is 0 Å². The highest BCUT2D eigenvalue weighted by atomic mass is 32.2. The zero-order valence-corrected chi connectivity index (χ0v) is 25.8. The van der Waals surface area contributed by atoms with Crippen LogP contribution in [-0.2, 0) is 21.5 Å². The average Bonchev–Trinajstić information content (AvgIpc) is 3.31. The Bertz CT molecular complexity index is 1610. The SMILES string of the molecule is COc1ccccc1C1SCC(=O)N(CC(=O)NCc2ccncc2)c2c1c(C(C)(C)C)nn2-c1cccc(C)c1C. The number of ether oxygens (including phenoxy) is 1. The summed E-state index contributed by atoms with van der Waals surface area (Å²) in [5.74, 6) is 1.17. The van der Waals surface area contributed by atoms with E-state index in [0.29, 0.717) is 12.4 Å². The van der Waals surface area contributed by atoms with E-state index in [2.05, 4.69) is 51.0 Å². The Labute approximate surface area is 251 Å². The Kier molecular flexibility index (Phi) is 8.41. The highest BCUT2D eigenvalue weighted by Gasteiger charge is 2.40. The third-order valence-electron chi connectivity index (χ3n) is 7.57. The second-order valence-electron chi connectivity index (χ2n) is 11.5. The second-order valence-corrected chi connectivity index (χ2v) is 12.6. The first-order valence-electron chi connectivity index (χ1n) is 14.0. The van der Waals surface area contributed by atoms with Gasteiger partial charge in [0.2, 0.25) is 11.8 Å². The summed E-state index contributed by atoms with van der Waals surface area (Å²) in [7, 11) is 1.66. The van der Waals surface area contributed by atoms with Gasteiger partial charge in [0.05, 0.1) is 29.5 Å². The number of nitrogens with zero attached hydrogens (tertiary/aromatic N) is 4. The van der Waals surface area contributed by atoms with Crippen molar-refractivity contribution < 1.29 is 14.3 Å². The number of rotatable bonds is 7. The number of aryl methyl sites for hydroxylation is 1. The highest BCUT2D eigenvalue weighted by Crippen LogP contribution is 2.50. The van der Waals surface area contributed by atoms with Crippen molar-refractivity contribution in [3.05, 3.63) is 101 Å². The minimum atomic E-state index is -0.351. The summed E-state index contributed by atoms with van der Waals surface area (Å²) in [5.41, 5.74) is 6.40. The normalized spacial score (nSPS) is 15.2. The van der Waals surface area contributed by atoms with Gasteiger partial charge in [0.15, 0.2) is 0 Å². The van der Waals surface area contributed by atoms with Crippen LogP contribution in [0.1, 0.15) is 59.5 Å². The van der Waals surface area contributed by atoms with Gasteiger partial charge in [0.25, 0.3) is 0 Å². The molecule has 2 aromatic carbocycles. The molecule has 1 unspecified atom stereocenters. The van der Waals surface area contributed by atoms with Crippen LogP contribution in [0.3, 0.4) is 0 Å². The van der Waals surface area contributed by atoms with E-state index in [4.69, 9.17) is 9.84 Å². The van der Waals surface area contributed by atoms with Gasteiger partial charge in [-0.05, 0) is 54.8 Å². The molecule has 0 saturated heterocycles. The molecule has 3 heterocycles. The number of anilines is 1. The molecular weight excluding hydrogens is 546 g/mol. The van der Waals surface area contributed by atoms with Crippen LogP contribution in [0.5, 0.6) is 5.75 Å². The van der Waals surface area contributed by atoms with Gasteiger partial charge >= 0.3 is 0 Å². The summed E-state index contributed by atoms with van der Waals surface area (Å²) in [4.78, 5) is 33.0. The minimum Gasteiger partial charge on any atom is -0.496 e. The number of nitrogens with one attached hydrogen (secondary N) is 1. The fourth-order valence-electron chi connectivity index (χ4n) is 5.24. The zero-order valence-electron chi connectivity index (χ0n) is 25.0. The number of hydrogen-bond donors (Lipinski definition) is 1. The largest absolute Gasteiger partial charge is 0.496 e. The van der Waals surface area contributed by atoms with E-state index >= 15 is 0 Å². The number of amides is 2. The molecule has 42 heavy (non-hydrogen) atoms. The van der Waals surface area contributed by atoms with Crippen molar-refractivity contribution in [2.75, 3.05) is 24.3 Å². The lowest BCUT2D eigenvalue weighted by atomic mass is 9.87. The van der Waals surface area contributed by atoms with Crippen LogP contribution in [0.25, 0.3) is 5.69 Å². The van der Waals surface area contributed by atoms with Gasteiger partial charge in [-0.2, -0.15) is 5.10 Å². The number of thioether (sulfide) groups is 1. The lowest BCUT2D eigenvalue weighted by Crippen LogP contribution is -2.42. The number of hydrogen-bond acceptors (Lipinski definition) is 6. The van der Waals surface area contributed by atoms with Crippen LogP contribution in [0.2, 0.25) is 0 Å². The average molecular weight is 584 g/mol. The van der Waals surface area contributed by atoms with Gasteiger partial charge in [-0.25, -0.2) is 4.68 Å². The first-order valence-corrected chi connectivity index (χ1v) is 15.1. The molecule has 8 nitrogen and oxygen atoms in total. The Balaban J connectivity index is 1.71. The lowest BCUT2D eigenvalue weighted by Gasteiger charge is -2.25. The number of aromatic nitrogens is 3. The Morgan fingerprint density at radius 1 is 1.07 bits per heavy atom. The first-order chi connectivity index (χ1) is 20.1. The predicted molar refractivity (Wildman–Crippen MR) is 167 cm³/mol. The summed E-state index contributed by atoms with van der Waals surface area (Å²) in [6.45, 7) is 10.7. The van der Waals surface area contributed by atoms with Crippen LogP contribution in [0, 0.1) is 13.8 Å². The molecule has 1 N–H and O–H groups in total. The minimum absolute atomic E-state index is 0.129. The van der Waals surface area contributed by atoms with Crippen LogP contribution in [0.15, 0.2) is 67.0 Å². The number of carbonyl (C=O) groups excluding carboxylic acids is 2. The van der Waals surface area contributed by atoms with E-state index in [1.165, 1.54) is 0 Å². The predicted octanol–water partition coefficient (Wildman–Crippen LogP) is 5.68. The molecule has 1 aliphatic heterocycles. The number of benzene rings is 2. The molecule has 2 aromatic heterocycles. The second kappa shape index (κ2) is 12.0. The van der Waals surface area contributed by atoms with Crippen molar-refractivity contribution in [2.45, 2.75) is 51.8 Å². The van der Waals surface area contributed by atoms with E-state index in [-0.39, 0.29) is 34.8 Å². The van der Waals surface area contributed by atoms with Gasteiger partial charge < -0.3 is 10.1 Å². The molecule has 5 rings (SSSR count).